The van der Waals surface area contributed by atoms with Crippen molar-refractivity contribution in [2.75, 3.05) is 0 Å². The number of hydrogen-bond donors (Lipinski definition) is 1. The summed E-state index contributed by atoms with van der Waals surface area (Å²) in [4.78, 5) is 26.0. The van der Waals surface area contributed by atoms with E-state index in [2.05, 4.69) is 4.98 Å². The molecule has 1 aromatic carbocycles. The van der Waals surface area contributed by atoms with Crippen LogP contribution >= 0.6 is 11.6 Å². The molecule has 0 aliphatic rings. The smallest absolute Gasteiger partial charge is 0.323 e. The van der Waals surface area contributed by atoms with Gasteiger partial charge in [-0.25, -0.2) is 4.98 Å². The maximum atomic E-state index is 11.4. The standard InChI is InChI=1S/C12H9ClN2O3/c13-9-3-1-8(2-4-9)10-6-15(7-12(17)18)11(16)5-14-10/h1-6H,7H2,(H,17,18). The molecule has 18 heavy (non-hydrogen) atoms. The molecule has 6 heteroatoms. The Labute approximate surface area is 107 Å². The number of carboxylic acid groups (broad SMARTS) is 1. The van der Waals surface area contributed by atoms with Crippen LogP contribution in [0.5, 0.6) is 0 Å². The number of aliphatic carboxylic acids is 1. The van der Waals surface area contributed by atoms with Gasteiger partial charge in [0.2, 0.25) is 0 Å². The maximum Gasteiger partial charge on any atom is 0.323 e. The minimum Gasteiger partial charge on any atom is -0.480 e. The van der Waals surface area contributed by atoms with Crippen LogP contribution in [0.2, 0.25) is 5.02 Å². The summed E-state index contributed by atoms with van der Waals surface area (Å²) in [6, 6.07) is 6.90. The zero-order chi connectivity index (χ0) is 13.1. The highest BCUT2D eigenvalue weighted by Crippen LogP contribution is 2.18. The van der Waals surface area contributed by atoms with Crippen molar-refractivity contribution in [3.63, 3.8) is 0 Å². The summed E-state index contributed by atoms with van der Waals surface area (Å²) in [5.41, 5.74) is 0.834. The third-order valence-electron chi connectivity index (χ3n) is 2.32. The topological polar surface area (TPSA) is 72.2 Å². The van der Waals surface area contributed by atoms with E-state index in [1.54, 1.807) is 24.3 Å². The molecule has 1 N–H and O–H groups in total. The van der Waals surface area contributed by atoms with E-state index in [0.29, 0.717) is 10.7 Å². The third-order valence-corrected chi connectivity index (χ3v) is 2.57. The van der Waals surface area contributed by atoms with Gasteiger partial charge in [-0.15, -0.1) is 0 Å². The van der Waals surface area contributed by atoms with E-state index in [1.165, 1.54) is 6.20 Å². The van der Waals surface area contributed by atoms with Gasteiger partial charge >= 0.3 is 5.97 Å². The van der Waals surface area contributed by atoms with Crippen molar-refractivity contribution < 1.29 is 9.90 Å². The summed E-state index contributed by atoms with van der Waals surface area (Å²) in [6.45, 7) is -0.387. The van der Waals surface area contributed by atoms with Gasteiger partial charge in [0.1, 0.15) is 6.54 Å². The van der Waals surface area contributed by atoms with Crippen molar-refractivity contribution >= 4 is 17.6 Å². The Morgan fingerprint density at radius 3 is 2.61 bits per heavy atom. The summed E-state index contributed by atoms with van der Waals surface area (Å²) < 4.78 is 1.10. The lowest BCUT2D eigenvalue weighted by atomic mass is 10.2. The number of rotatable bonds is 3. The zero-order valence-electron chi connectivity index (χ0n) is 9.21. The predicted octanol–water partition coefficient (Wildman–Crippen LogP) is 1.65. The molecule has 1 heterocycles. The van der Waals surface area contributed by atoms with Crippen LogP contribution in [-0.2, 0) is 11.3 Å². The monoisotopic (exact) mass is 264 g/mol. The lowest BCUT2D eigenvalue weighted by molar-refractivity contribution is -0.137. The van der Waals surface area contributed by atoms with Gasteiger partial charge in [-0.1, -0.05) is 23.7 Å². The molecule has 0 saturated heterocycles. The number of nitrogens with zero attached hydrogens (tertiary/aromatic N) is 2. The number of carbonyl (C=O) groups is 1. The SMILES string of the molecule is O=C(O)Cn1cc(-c2ccc(Cl)cc2)ncc1=O. The van der Waals surface area contributed by atoms with Gasteiger partial charge in [-0.2, -0.15) is 0 Å². The Hall–Kier alpha value is -2.14. The van der Waals surface area contributed by atoms with Gasteiger partial charge < -0.3 is 9.67 Å². The van der Waals surface area contributed by atoms with Crippen LogP contribution in [0.25, 0.3) is 11.3 Å². The fraction of sp³-hybridized carbons (Fsp3) is 0.0833. The first-order valence-corrected chi connectivity index (χ1v) is 5.48. The van der Waals surface area contributed by atoms with E-state index in [0.717, 1.165) is 16.3 Å². The van der Waals surface area contributed by atoms with E-state index >= 15 is 0 Å². The fourth-order valence-electron chi connectivity index (χ4n) is 1.48. The van der Waals surface area contributed by atoms with Gasteiger partial charge in [-0.05, 0) is 12.1 Å². The van der Waals surface area contributed by atoms with Gasteiger partial charge in [0.25, 0.3) is 5.56 Å². The molecule has 0 saturated carbocycles. The number of halogens is 1. The lowest BCUT2D eigenvalue weighted by Gasteiger charge is -2.05. The number of benzene rings is 1. The van der Waals surface area contributed by atoms with Crippen LogP contribution in [0.1, 0.15) is 0 Å². The first-order valence-electron chi connectivity index (χ1n) is 5.10. The molecule has 0 aliphatic heterocycles. The second-order valence-electron chi connectivity index (χ2n) is 3.64. The van der Waals surface area contributed by atoms with Crippen LogP contribution in [-0.4, -0.2) is 20.6 Å². The lowest BCUT2D eigenvalue weighted by Crippen LogP contribution is -2.23. The Kier molecular flexibility index (Phi) is 3.43. The molecular weight excluding hydrogens is 256 g/mol. The van der Waals surface area contributed by atoms with Crippen molar-refractivity contribution in [3.05, 3.63) is 52.0 Å². The fourth-order valence-corrected chi connectivity index (χ4v) is 1.61. The van der Waals surface area contributed by atoms with Crippen LogP contribution in [0.4, 0.5) is 0 Å². The van der Waals surface area contributed by atoms with Crippen molar-refractivity contribution in [1.82, 2.24) is 9.55 Å². The molecule has 0 atom stereocenters. The van der Waals surface area contributed by atoms with Crippen LogP contribution in [0.3, 0.4) is 0 Å². The van der Waals surface area contributed by atoms with Gasteiger partial charge in [-0.3, -0.25) is 9.59 Å². The van der Waals surface area contributed by atoms with E-state index in [4.69, 9.17) is 16.7 Å². The second-order valence-corrected chi connectivity index (χ2v) is 4.08. The number of carboxylic acids is 1. The summed E-state index contributed by atoms with van der Waals surface area (Å²) in [5.74, 6) is -1.08. The predicted molar refractivity (Wildman–Crippen MR) is 66.6 cm³/mol. The van der Waals surface area contributed by atoms with Crippen molar-refractivity contribution in [3.8, 4) is 11.3 Å². The first-order chi connectivity index (χ1) is 8.56. The maximum absolute atomic E-state index is 11.4. The van der Waals surface area contributed by atoms with Crippen LogP contribution < -0.4 is 5.56 Å². The summed E-state index contributed by atoms with van der Waals surface area (Å²) >= 11 is 5.77. The Balaban J connectivity index is 2.43. The number of hydrogen-bond acceptors (Lipinski definition) is 3. The molecule has 92 valence electrons. The van der Waals surface area contributed by atoms with Gasteiger partial charge in [0.15, 0.2) is 0 Å². The van der Waals surface area contributed by atoms with Crippen LogP contribution in [0.15, 0.2) is 41.5 Å². The molecule has 0 fully saturated rings. The highest BCUT2D eigenvalue weighted by molar-refractivity contribution is 6.30. The molecule has 2 rings (SSSR count). The Morgan fingerprint density at radius 1 is 1.33 bits per heavy atom. The highest BCUT2D eigenvalue weighted by Gasteiger charge is 2.05. The van der Waals surface area contributed by atoms with E-state index < -0.39 is 11.5 Å². The molecule has 0 amide bonds. The molecule has 0 radical (unpaired) electrons. The Bertz CT molecular complexity index is 635. The average molecular weight is 265 g/mol. The molecule has 0 bridgehead atoms. The first kappa shape index (κ1) is 12.3. The zero-order valence-corrected chi connectivity index (χ0v) is 9.96. The summed E-state index contributed by atoms with van der Waals surface area (Å²) in [7, 11) is 0. The van der Waals surface area contributed by atoms with Gasteiger partial charge in [0.05, 0.1) is 11.9 Å². The third kappa shape index (κ3) is 2.75. The molecular formula is C12H9ClN2O3. The largest absolute Gasteiger partial charge is 0.480 e. The molecule has 5 nitrogen and oxygen atoms in total. The Morgan fingerprint density at radius 2 is 2.00 bits per heavy atom. The average Bonchev–Trinajstić information content (AvgIpc) is 2.32. The molecule has 0 aliphatic carbocycles. The minimum absolute atomic E-state index is 0.387. The molecule has 2 aromatic rings. The molecule has 0 spiro atoms. The van der Waals surface area contributed by atoms with Crippen molar-refractivity contribution in [1.29, 1.82) is 0 Å². The second kappa shape index (κ2) is 5.01. The minimum atomic E-state index is -1.08. The molecule has 1 aromatic heterocycles. The van der Waals surface area contributed by atoms with E-state index in [9.17, 15) is 9.59 Å². The van der Waals surface area contributed by atoms with Crippen molar-refractivity contribution in [2.24, 2.45) is 0 Å². The number of aromatic nitrogens is 2. The quantitative estimate of drug-likeness (QED) is 0.915. The van der Waals surface area contributed by atoms with Crippen molar-refractivity contribution in [2.45, 2.75) is 6.54 Å². The van der Waals surface area contributed by atoms with E-state index in [1.807, 2.05) is 0 Å². The highest BCUT2D eigenvalue weighted by atomic mass is 35.5. The molecule has 0 unspecified atom stereocenters. The summed E-state index contributed by atoms with van der Waals surface area (Å²) in [5, 5.41) is 9.29. The van der Waals surface area contributed by atoms with Crippen LogP contribution in [0, 0.1) is 0 Å². The summed E-state index contributed by atoms with van der Waals surface area (Å²) in [6.07, 6.45) is 2.52. The normalized spacial score (nSPS) is 10.3. The van der Waals surface area contributed by atoms with Gasteiger partial charge in [0, 0.05) is 16.8 Å². The van der Waals surface area contributed by atoms with E-state index in [-0.39, 0.29) is 6.54 Å².